The van der Waals surface area contributed by atoms with Crippen LogP contribution in [0.3, 0.4) is 0 Å². The average Bonchev–Trinajstić information content (AvgIpc) is 2.94. The first-order valence-corrected chi connectivity index (χ1v) is 6.86. The molecule has 0 fully saturated rings. The summed E-state index contributed by atoms with van der Waals surface area (Å²) in [5.41, 5.74) is 6.70. The van der Waals surface area contributed by atoms with E-state index in [1.807, 2.05) is 30.3 Å². The van der Waals surface area contributed by atoms with Crippen molar-refractivity contribution in [2.45, 2.75) is 0 Å². The SMILES string of the molecule is CN(C)c1nc(N)nc(/C(C#N)=C/c2cc3ccccc3o2)n1. The van der Waals surface area contributed by atoms with Crippen molar-refractivity contribution in [1.29, 1.82) is 5.26 Å². The first-order chi connectivity index (χ1) is 11.1. The highest BCUT2D eigenvalue weighted by Gasteiger charge is 2.12. The van der Waals surface area contributed by atoms with Crippen molar-refractivity contribution in [2.75, 3.05) is 24.7 Å². The van der Waals surface area contributed by atoms with Crippen molar-refractivity contribution < 1.29 is 4.42 Å². The van der Waals surface area contributed by atoms with Crippen LogP contribution in [0.25, 0.3) is 22.6 Å². The fourth-order valence-electron chi connectivity index (χ4n) is 2.06. The van der Waals surface area contributed by atoms with Crippen LogP contribution in [-0.4, -0.2) is 29.0 Å². The standard InChI is InChI=1S/C16H14N6O/c1-22(2)16-20-14(19-15(18)21-16)11(9-17)8-12-7-10-5-3-4-6-13(10)23-12/h3-8H,1-2H3,(H2,18,19,20,21)/b11-8+. The summed E-state index contributed by atoms with van der Waals surface area (Å²) in [6.07, 6.45) is 1.59. The number of hydrogen-bond donors (Lipinski definition) is 1. The smallest absolute Gasteiger partial charge is 0.230 e. The lowest BCUT2D eigenvalue weighted by molar-refractivity contribution is 0.604. The second-order valence-electron chi connectivity index (χ2n) is 5.07. The van der Waals surface area contributed by atoms with Crippen LogP contribution in [0.1, 0.15) is 11.6 Å². The van der Waals surface area contributed by atoms with E-state index in [1.54, 1.807) is 25.1 Å². The average molecular weight is 306 g/mol. The van der Waals surface area contributed by atoms with Gasteiger partial charge in [0.25, 0.3) is 0 Å². The Hall–Kier alpha value is -3.40. The molecule has 2 aromatic heterocycles. The molecule has 0 saturated carbocycles. The van der Waals surface area contributed by atoms with Crippen LogP contribution >= 0.6 is 0 Å². The largest absolute Gasteiger partial charge is 0.457 e. The number of nitrogen functional groups attached to an aromatic ring is 1. The topological polar surface area (TPSA) is 105 Å². The zero-order valence-electron chi connectivity index (χ0n) is 12.7. The Morgan fingerprint density at radius 3 is 2.74 bits per heavy atom. The number of para-hydroxylation sites is 1. The van der Waals surface area contributed by atoms with Gasteiger partial charge in [-0.15, -0.1) is 0 Å². The number of hydrogen-bond acceptors (Lipinski definition) is 7. The molecule has 23 heavy (non-hydrogen) atoms. The van der Waals surface area contributed by atoms with Gasteiger partial charge in [-0.2, -0.15) is 20.2 Å². The molecule has 0 atom stereocenters. The lowest BCUT2D eigenvalue weighted by Gasteiger charge is -2.10. The number of benzene rings is 1. The molecule has 1 aromatic carbocycles. The third-order valence-electron chi connectivity index (χ3n) is 3.13. The highest BCUT2D eigenvalue weighted by Crippen LogP contribution is 2.23. The van der Waals surface area contributed by atoms with E-state index >= 15 is 0 Å². The fourth-order valence-corrected chi connectivity index (χ4v) is 2.06. The molecule has 0 radical (unpaired) electrons. The number of fused-ring (bicyclic) bond motifs is 1. The van der Waals surface area contributed by atoms with Gasteiger partial charge in [-0.25, -0.2) is 0 Å². The molecule has 114 valence electrons. The zero-order valence-corrected chi connectivity index (χ0v) is 12.7. The number of nitriles is 1. The van der Waals surface area contributed by atoms with Crippen molar-refractivity contribution in [3.63, 3.8) is 0 Å². The van der Waals surface area contributed by atoms with Gasteiger partial charge < -0.3 is 15.1 Å². The molecular weight excluding hydrogens is 292 g/mol. The molecule has 0 bridgehead atoms. The maximum absolute atomic E-state index is 9.42. The van der Waals surface area contributed by atoms with Gasteiger partial charge in [0, 0.05) is 25.6 Å². The molecule has 0 aliphatic carbocycles. The van der Waals surface area contributed by atoms with Crippen LogP contribution in [0.15, 0.2) is 34.7 Å². The first kappa shape index (κ1) is 14.5. The molecule has 7 heteroatoms. The third kappa shape index (κ3) is 2.96. The minimum absolute atomic E-state index is 0.0597. The molecule has 0 amide bonds. The predicted molar refractivity (Wildman–Crippen MR) is 88.3 cm³/mol. The lowest BCUT2D eigenvalue weighted by Crippen LogP contribution is -2.15. The number of allylic oxidation sites excluding steroid dienone is 1. The second-order valence-corrected chi connectivity index (χ2v) is 5.07. The minimum Gasteiger partial charge on any atom is -0.457 e. The summed E-state index contributed by atoms with van der Waals surface area (Å²) < 4.78 is 5.69. The summed E-state index contributed by atoms with van der Waals surface area (Å²) in [5.74, 6) is 1.21. The van der Waals surface area contributed by atoms with Gasteiger partial charge in [-0.05, 0) is 12.1 Å². The fraction of sp³-hybridized carbons (Fsp3) is 0.125. The molecule has 3 aromatic rings. The predicted octanol–water partition coefficient (Wildman–Crippen LogP) is 2.33. The van der Waals surface area contributed by atoms with Crippen LogP contribution in [0.4, 0.5) is 11.9 Å². The van der Waals surface area contributed by atoms with Gasteiger partial charge in [0.2, 0.25) is 11.9 Å². The van der Waals surface area contributed by atoms with Gasteiger partial charge in [0.05, 0.1) is 0 Å². The van der Waals surface area contributed by atoms with E-state index < -0.39 is 0 Å². The van der Waals surface area contributed by atoms with Gasteiger partial charge in [-0.1, -0.05) is 18.2 Å². The van der Waals surface area contributed by atoms with Crippen molar-refractivity contribution in [3.05, 3.63) is 41.9 Å². The van der Waals surface area contributed by atoms with E-state index in [0.717, 1.165) is 11.0 Å². The number of aromatic nitrogens is 3. The number of nitrogens with two attached hydrogens (primary N) is 1. The van der Waals surface area contributed by atoms with Crippen LogP contribution in [-0.2, 0) is 0 Å². The van der Waals surface area contributed by atoms with Crippen molar-refractivity contribution in [2.24, 2.45) is 0 Å². The third-order valence-corrected chi connectivity index (χ3v) is 3.13. The molecule has 0 unspecified atom stereocenters. The number of rotatable bonds is 3. The second kappa shape index (κ2) is 5.77. The first-order valence-electron chi connectivity index (χ1n) is 6.86. The maximum atomic E-state index is 9.42. The molecule has 2 heterocycles. The van der Waals surface area contributed by atoms with E-state index in [4.69, 9.17) is 10.2 Å². The highest BCUT2D eigenvalue weighted by atomic mass is 16.3. The Morgan fingerprint density at radius 2 is 2.04 bits per heavy atom. The van der Waals surface area contributed by atoms with Gasteiger partial charge in [0.1, 0.15) is 23.0 Å². The van der Waals surface area contributed by atoms with Crippen LogP contribution in [0.2, 0.25) is 0 Å². The number of anilines is 2. The molecule has 3 rings (SSSR count). The Balaban J connectivity index is 2.07. The van der Waals surface area contributed by atoms with E-state index in [0.29, 0.717) is 11.7 Å². The van der Waals surface area contributed by atoms with Crippen molar-refractivity contribution >= 4 is 34.5 Å². The molecule has 0 aliphatic rings. The Morgan fingerprint density at radius 1 is 1.26 bits per heavy atom. The normalized spacial score (nSPS) is 11.4. The lowest BCUT2D eigenvalue weighted by atomic mass is 10.2. The maximum Gasteiger partial charge on any atom is 0.230 e. The van der Waals surface area contributed by atoms with Gasteiger partial charge in [-0.3, -0.25) is 0 Å². The van der Waals surface area contributed by atoms with E-state index in [2.05, 4.69) is 21.0 Å². The van der Waals surface area contributed by atoms with Crippen molar-refractivity contribution in [3.8, 4) is 6.07 Å². The Bertz CT molecular complexity index is 902. The minimum atomic E-state index is 0.0597. The molecule has 2 N–H and O–H groups in total. The van der Waals surface area contributed by atoms with Crippen LogP contribution < -0.4 is 10.6 Å². The van der Waals surface area contributed by atoms with Crippen LogP contribution in [0, 0.1) is 11.3 Å². The molecule has 0 aliphatic heterocycles. The van der Waals surface area contributed by atoms with E-state index in [9.17, 15) is 5.26 Å². The molecular formula is C16H14N6O. The summed E-state index contributed by atoms with van der Waals surface area (Å²) in [6, 6.07) is 11.5. The van der Waals surface area contributed by atoms with E-state index in [1.165, 1.54) is 0 Å². The molecule has 0 saturated heterocycles. The molecule has 7 nitrogen and oxygen atoms in total. The van der Waals surface area contributed by atoms with Gasteiger partial charge >= 0.3 is 0 Å². The summed E-state index contributed by atoms with van der Waals surface area (Å²) in [6.45, 7) is 0. The van der Waals surface area contributed by atoms with E-state index in [-0.39, 0.29) is 17.3 Å². The zero-order chi connectivity index (χ0) is 16.4. The Kier molecular flexibility index (Phi) is 3.65. The number of nitrogens with zero attached hydrogens (tertiary/aromatic N) is 5. The highest BCUT2D eigenvalue weighted by molar-refractivity contribution is 5.89. The summed E-state index contributed by atoms with van der Waals surface area (Å²) in [7, 11) is 3.57. The Labute approximate surface area is 132 Å². The monoisotopic (exact) mass is 306 g/mol. The number of furan rings is 1. The summed E-state index contributed by atoms with van der Waals surface area (Å²) in [4.78, 5) is 14.0. The summed E-state index contributed by atoms with van der Waals surface area (Å²) in [5, 5.41) is 10.4. The molecule has 0 spiro atoms. The van der Waals surface area contributed by atoms with Crippen LogP contribution in [0.5, 0.6) is 0 Å². The summed E-state index contributed by atoms with van der Waals surface area (Å²) >= 11 is 0. The van der Waals surface area contributed by atoms with Gasteiger partial charge in [0.15, 0.2) is 5.82 Å². The quantitative estimate of drug-likeness (QED) is 0.740. The van der Waals surface area contributed by atoms with Crippen molar-refractivity contribution in [1.82, 2.24) is 15.0 Å².